The van der Waals surface area contributed by atoms with Crippen molar-refractivity contribution >= 4 is 6.29 Å². The predicted molar refractivity (Wildman–Crippen MR) is 43.4 cm³/mol. The number of hydrogen-bond donors (Lipinski definition) is 0. The molecule has 0 spiro atoms. The summed E-state index contributed by atoms with van der Waals surface area (Å²) in [4.78, 5) is 10.5. The van der Waals surface area contributed by atoms with E-state index in [4.69, 9.17) is 4.74 Å². The van der Waals surface area contributed by atoms with Gasteiger partial charge in [0.1, 0.15) is 6.29 Å². The van der Waals surface area contributed by atoms with E-state index in [1.165, 1.54) is 0 Å². The number of aldehydes is 1. The minimum absolute atomic E-state index is 0.0379. The van der Waals surface area contributed by atoms with Crippen LogP contribution in [0.2, 0.25) is 0 Å². The molecule has 2 nitrogen and oxygen atoms in total. The molecule has 0 unspecified atom stereocenters. The maximum absolute atomic E-state index is 10.5. The van der Waals surface area contributed by atoms with Gasteiger partial charge in [0.15, 0.2) is 0 Å². The van der Waals surface area contributed by atoms with Gasteiger partial charge in [0.2, 0.25) is 0 Å². The van der Waals surface area contributed by atoms with E-state index in [2.05, 4.69) is 13.8 Å². The van der Waals surface area contributed by atoms with Crippen LogP contribution in [0.1, 0.15) is 33.1 Å². The number of carbonyl (C=O) groups excluding carboxylic acids is 1. The van der Waals surface area contributed by atoms with E-state index >= 15 is 0 Å². The van der Waals surface area contributed by atoms with Crippen LogP contribution in [-0.4, -0.2) is 18.5 Å². The number of hydrogen-bond acceptors (Lipinski definition) is 2. The molecule has 0 amide bonds. The van der Waals surface area contributed by atoms with Crippen LogP contribution in [0.15, 0.2) is 0 Å². The maximum atomic E-state index is 10.5. The zero-order valence-electron chi connectivity index (χ0n) is 7.30. The van der Waals surface area contributed by atoms with Crippen molar-refractivity contribution in [2.24, 2.45) is 5.92 Å². The lowest BCUT2D eigenvalue weighted by Gasteiger charge is -2.35. The Kier molecular flexibility index (Phi) is 2.66. The molecule has 1 heterocycles. The molecule has 0 radical (unpaired) electrons. The highest BCUT2D eigenvalue weighted by Crippen LogP contribution is 2.30. The Morgan fingerprint density at radius 2 is 2.45 bits per heavy atom. The molecule has 11 heavy (non-hydrogen) atoms. The third kappa shape index (κ3) is 2.03. The summed E-state index contributed by atoms with van der Waals surface area (Å²) in [7, 11) is 0. The van der Waals surface area contributed by atoms with E-state index in [9.17, 15) is 4.79 Å². The van der Waals surface area contributed by atoms with Gasteiger partial charge in [-0.2, -0.15) is 0 Å². The SMILES string of the molecule is CC[C@@]1(C)C[C@H](C=O)CCO1. The van der Waals surface area contributed by atoms with Crippen LogP contribution < -0.4 is 0 Å². The first-order valence-corrected chi connectivity index (χ1v) is 4.29. The van der Waals surface area contributed by atoms with Crippen LogP contribution in [0, 0.1) is 5.92 Å². The fourth-order valence-corrected chi connectivity index (χ4v) is 1.53. The van der Waals surface area contributed by atoms with Gasteiger partial charge in [-0.3, -0.25) is 0 Å². The van der Waals surface area contributed by atoms with Crippen molar-refractivity contribution in [3.05, 3.63) is 0 Å². The second-order valence-corrected chi connectivity index (χ2v) is 3.54. The molecule has 2 heteroatoms. The number of carbonyl (C=O) groups is 1. The highest BCUT2D eigenvalue weighted by molar-refractivity contribution is 5.53. The van der Waals surface area contributed by atoms with Crippen LogP contribution in [0.5, 0.6) is 0 Å². The van der Waals surface area contributed by atoms with Gasteiger partial charge in [0.25, 0.3) is 0 Å². The summed E-state index contributed by atoms with van der Waals surface area (Å²) in [6.07, 6.45) is 3.86. The zero-order chi connectivity index (χ0) is 8.32. The van der Waals surface area contributed by atoms with Crippen molar-refractivity contribution in [2.75, 3.05) is 6.61 Å². The number of rotatable bonds is 2. The Morgan fingerprint density at radius 3 is 3.00 bits per heavy atom. The second-order valence-electron chi connectivity index (χ2n) is 3.54. The average Bonchev–Trinajstić information content (AvgIpc) is 2.05. The molecule has 0 aromatic heterocycles. The summed E-state index contributed by atoms with van der Waals surface area (Å²) in [6, 6.07) is 0. The van der Waals surface area contributed by atoms with Crippen LogP contribution in [0.3, 0.4) is 0 Å². The molecule has 0 N–H and O–H groups in total. The fourth-order valence-electron chi connectivity index (χ4n) is 1.53. The van der Waals surface area contributed by atoms with Crippen LogP contribution in [0.25, 0.3) is 0 Å². The van der Waals surface area contributed by atoms with Crippen molar-refractivity contribution in [2.45, 2.75) is 38.7 Å². The molecule has 0 aliphatic carbocycles. The summed E-state index contributed by atoms with van der Waals surface area (Å²) < 4.78 is 5.59. The summed E-state index contributed by atoms with van der Waals surface area (Å²) in [5, 5.41) is 0. The van der Waals surface area contributed by atoms with Gasteiger partial charge in [-0.15, -0.1) is 0 Å². The van der Waals surface area contributed by atoms with Crippen molar-refractivity contribution < 1.29 is 9.53 Å². The van der Waals surface area contributed by atoms with Gasteiger partial charge in [-0.05, 0) is 26.2 Å². The zero-order valence-corrected chi connectivity index (χ0v) is 7.30. The Labute approximate surface area is 67.9 Å². The van der Waals surface area contributed by atoms with Gasteiger partial charge in [-0.1, -0.05) is 6.92 Å². The first-order chi connectivity index (χ1) is 5.20. The third-order valence-electron chi connectivity index (χ3n) is 2.57. The molecule has 0 aromatic rings. The summed E-state index contributed by atoms with van der Waals surface area (Å²) in [5.74, 6) is 0.230. The van der Waals surface area contributed by atoms with Gasteiger partial charge < -0.3 is 9.53 Å². The van der Waals surface area contributed by atoms with E-state index in [0.29, 0.717) is 0 Å². The van der Waals surface area contributed by atoms with Gasteiger partial charge >= 0.3 is 0 Å². The smallest absolute Gasteiger partial charge is 0.123 e. The topological polar surface area (TPSA) is 26.3 Å². The molecule has 1 aliphatic rings. The number of ether oxygens (including phenoxy) is 1. The van der Waals surface area contributed by atoms with Gasteiger partial charge in [-0.25, -0.2) is 0 Å². The van der Waals surface area contributed by atoms with Crippen molar-refractivity contribution in [1.29, 1.82) is 0 Å². The second kappa shape index (κ2) is 3.35. The maximum Gasteiger partial charge on any atom is 0.123 e. The van der Waals surface area contributed by atoms with E-state index in [1.807, 2.05) is 0 Å². The average molecular weight is 156 g/mol. The first kappa shape index (κ1) is 8.72. The van der Waals surface area contributed by atoms with Crippen LogP contribution in [0.4, 0.5) is 0 Å². The Balaban J connectivity index is 2.51. The van der Waals surface area contributed by atoms with E-state index < -0.39 is 0 Å². The van der Waals surface area contributed by atoms with Gasteiger partial charge in [0, 0.05) is 12.5 Å². The lowest BCUT2D eigenvalue weighted by molar-refractivity contribution is -0.124. The molecule has 1 rings (SSSR count). The summed E-state index contributed by atoms with van der Waals surface area (Å²) in [6.45, 7) is 4.93. The highest BCUT2D eigenvalue weighted by Gasteiger charge is 2.31. The molecule has 0 saturated carbocycles. The first-order valence-electron chi connectivity index (χ1n) is 4.29. The van der Waals surface area contributed by atoms with Crippen LogP contribution in [-0.2, 0) is 9.53 Å². The Morgan fingerprint density at radius 1 is 1.73 bits per heavy atom. The normalized spacial score (nSPS) is 38.5. The predicted octanol–water partition coefficient (Wildman–Crippen LogP) is 1.78. The highest BCUT2D eigenvalue weighted by atomic mass is 16.5. The van der Waals surface area contributed by atoms with Crippen LogP contribution >= 0.6 is 0 Å². The van der Waals surface area contributed by atoms with Crippen molar-refractivity contribution in [3.63, 3.8) is 0 Å². The van der Waals surface area contributed by atoms with Crippen molar-refractivity contribution in [3.8, 4) is 0 Å². The minimum Gasteiger partial charge on any atom is -0.375 e. The molecule has 0 bridgehead atoms. The molecular formula is C9H16O2. The lowest BCUT2D eigenvalue weighted by Crippen LogP contribution is -2.36. The third-order valence-corrected chi connectivity index (χ3v) is 2.57. The lowest BCUT2D eigenvalue weighted by atomic mass is 9.86. The fraction of sp³-hybridized carbons (Fsp3) is 0.889. The van der Waals surface area contributed by atoms with E-state index in [-0.39, 0.29) is 11.5 Å². The van der Waals surface area contributed by atoms with Crippen molar-refractivity contribution in [1.82, 2.24) is 0 Å². The summed E-state index contributed by atoms with van der Waals surface area (Å²) in [5.41, 5.74) is -0.0379. The molecule has 1 saturated heterocycles. The van der Waals surface area contributed by atoms with E-state index in [0.717, 1.165) is 32.2 Å². The molecule has 2 atom stereocenters. The summed E-state index contributed by atoms with van der Waals surface area (Å²) >= 11 is 0. The van der Waals surface area contributed by atoms with Gasteiger partial charge in [0.05, 0.1) is 5.60 Å². The monoisotopic (exact) mass is 156 g/mol. The quantitative estimate of drug-likeness (QED) is 0.570. The Bertz CT molecular complexity index is 144. The Hall–Kier alpha value is -0.370. The molecule has 64 valence electrons. The molecule has 1 aliphatic heterocycles. The van der Waals surface area contributed by atoms with E-state index in [1.54, 1.807) is 0 Å². The largest absolute Gasteiger partial charge is 0.375 e. The minimum atomic E-state index is -0.0379. The molecule has 1 fully saturated rings. The standard InChI is InChI=1S/C9H16O2/c1-3-9(2)6-8(7-10)4-5-11-9/h7-8H,3-6H2,1-2H3/t8-,9+/m1/s1. The molecule has 0 aromatic carbocycles. The molecular weight excluding hydrogens is 140 g/mol.